The third-order valence-corrected chi connectivity index (χ3v) is 3.93. The van der Waals surface area contributed by atoms with Gasteiger partial charge in [0.15, 0.2) is 15.6 Å². The van der Waals surface area contributed by atoms with Crippen LogP contribution in [0.15, 0.2) is 12.4 Å². The Balaban J connectivity index is 2.08. The zero-order chi connectivity index (χ0) is 11.1. The summed E-state index contributed by atoms with van der Waals surface area (Å²) in [5.41, 5.74) is 0. The predicted molar refractivity (Wildman–Crippen MR) is 52.3 cm³/mol. The molecular formula is C8H12N2O4S. The standard InChI is InChI=1S/C8H12N2O4S/c1-10-3-6(2-9-10)14-8-5-15(12,13)4-7(8)11/h2-3,7-8,11H,4-5H2,1H3. The summed E-state index contributed by atoms with van der Waals surface area (Å²) < 4.78 is 29.3. The van der Waals surface area contributed by atoms with Crippen LogP contribution >= 0.6 is 0 Å². The molecule has 15 heavy (non-hydrogen) atoms. The van der Waals surface area contributed by atoms with Crippen LogP contribution in [0.25, 0.3) is 0 Å². The molecule has 1 N–H and O–H groups in total. The lowest BCUT2D eigenvalue weighted by Crippen LogP contribution is -2.29. The fourth-order valence-electron chi connectivity index (χ4n) is 1.54. The van der Waals surface area contributed by atoms with Gasteiger partial charge in [-0.25, -0.2) is 8.42 Å². The topological polar surface area (TPSA) is 81.4 Å². The first kappa shape index (κ1) is 10.4. The van der Waals surface area contributed by atoms with Crippen LogP contribution in [0, 0.1) is 0 Å². The van der Waals surface area contributed by atoms with Crippen molar-refractivity contribution in [3.05, 3.63) is 12.4 Å². The largest absolute Gasteiger partial charge is 0.483 e. The van der Waals surface area contributed by atoms with Gasteiger partial charge in [-0.15, -0.1) is 0 Å². The number of sulfone groups is 1. The second-order valence-corrected chi connectivity index (χ2v) is 5.80. The number of aromatic nitrogens is 2. The van der Waals surface area contributed by atoms with Crippen molar-refractivity contribution < 1.29 is 18.3 Å². The first-order chi connectivity index (χ1) is 6.96. The third kappa shape index (κ3) is 2.29. The molecule has 0 amide bonds. The Morgan fingerprint density at radius 3 is 2.80 bits per heavy atom. The maximum absolute atomic E-state index is 11.2. The summed E-state index contributed by atoms with van der Waals surface area (Å²) >= 11 is 0. The Labute approximate surface area is 87.4 Å². The molecule has 2 rings (SSSR count). The number of hydrogen-bond donors (Lipinski definition) is 1. The molecule has 2 heterocycles. The first-order valence-electron chi connectivity index (χ1n) is 4.50. The molecule has 1 aliphatic heterocycles. The van der Waals surface area contributed by atoms with Gasteiger partial charge >= 0.3 is 0 Å². The van der Waals surface area contributed by atoms with E-state index in [0.29, 0.717) is 5.75 Å². The van der Waals surface area contributed by atoms with E-state index in [2.05, 4.69) is 5.10 Å². The maximum atomic E-state index is 11.2. The number of nitrogens with zero attached hydrogens (tertiary/aromatic N) is 2. The van der Waals surface area contributed by atoms with Crippen LogP contribution < -0.4 is 4.74 Å². The van der Waals surface area contributed by atoms with Gasteiger partial charge in [-0.1, -0.05) is 0 Å². The summed E-state index contributed by atoms with van der Waals surface area (Å²) in [6, 6.07) is 0. The van der Waals surface area contributed by atoms with Crippen molar-refractivity contribution in [2.75, 3.05) is 11.5 Å². The van der Waals surface area contributed by atoms with Crippen LogP contribution in [0.2, 0.25) is 0 Å². The van der Waals surface area contributed by atoms with E-state index in [1.165, 1.54) is 6.20 Å². The summed E-state index contributed by atoms with van der Waals surface area (Å²) in [5.74, 6) is 0.111. The zero-order valence-corrected chi connectivity index (χ0v) is 9.01. The highest BCUT2D eigenvalue weighted by Gasteiger charge is 2.38. The Morgan fingerprint density at radius 2 is 2.33 bits per heavy atom. The highest BCUT2D eigenvalue weighted by molar-refractivity contribution is 7.91. The average molecular weight is 232 g/mol. The Morgan fingerprint density at radius 1 is 1.60 bits per heavy atom. The van der Waals surface area contributed by atoms with E-state index in [1.54, 1.807) is 17.9 Å². The van der Waals surface area contributed by atoms with Crippen LogP contribution in [-0.4, -0.2) is 47.0 Å². The molecule has 0 spiro atoms. The lowest BCUT2D eigenvalue weighted by Gasteiger charge is -2.13. The van der Waals surface area contributed by atoms with Crippen molar-refractivity contribution in [1.29, 1.82) is 0 Å². The summed E-state index contributed by atoms with van der Waals surface area (Å²) in [6.07, 6.45) is 1.48. The molecule has 6 nitrogen and oxygen atoms in total. The molecule has 0 radical (unpaired) electrons. The molecule has 2 atom stereocenters. The van der Waals surface area contributed by atoms with Gasteiger partial charge in [0.1, 0.15) is 12.2 Å². The minimum atomic E-state index is -3.16. The number of aliphatic hydroxyl groups excluding tert-OH is 1. The number of ether oxygens (including phenoxy) is 1. The van der Waals surface area contributed by atoms with Gasteiger partial charge in [0.2, 0.25) is 0 Å². The smallest absolute Gasteiger partial charge is 0.157 e. The number of hydrogen-bond acceptors (Lipinski definition) is 5. The Kier molecular flexibility index (Phi) is 2.43. The van der Waals surface area contributed by atoms with Crippen molar-refractivity contribution >= 4 is 9.84 Å². The molecule has 1 fully saturated rings. The molecule has 0 saturated carbocycles. The van der Waals surface area contributed by atoms with Crippen LogP contribution in [0.4, 0.5) is 0 Å². The highest BCUT2D eigenvalue weighted by Crippen LogP contribution is 2.19. The van der Waals surface area contributed by atoms with E-state index in [-0.39, 0.29) is 11.5 Å². The minimum absolute atomic E-state index is 0.136. The second-order valence-electron chi connectivity index (χ2n) is 3.65. The van der Waals surface area contributed by atoms with Crippen LogP contribution in [-0.2, 0) is 16.9 Å². The first-order valence-corrected chi connectivity index (χ1v) is 6.32. The molecule has 84 valence electrons. The van der Waals surface area contributed by atoms with Crippen molar-refractivity contribution in [2.24, 2.45) is 7.05 Å². The molecule has 1 aromatic rings. The molecule has 1 aromatic heterocycles. The molecule has 1 aliphatic rings. The van der Waals surface area contributed by atoms with E-state index in [4.69, 9.17) is 4.74 Å². The summed E-state index contributed by atoms with van der Waals surface area (Å²) in [5, 5.41) is 13.3. The fourth-order valence-corrected chi connectivity index (χ4v) is 3.21. The number of aliphatic hydroxyl groups is 1. The highest BCUT2D eigenvalue weighted by atomic mass is 32.2. The molecule has 0 aliphatic carbocycles. The Bertz CT molecular complexity index is 453. The van der Waals surface area contributed by atoms with E-state index in [1.807, 2.05) is 0 Å². The maximum Gasteiger partial charge on any atom is 0.157 e. The summed E-state index contributed by atoms with van der Waals surface area (Å²) in [4.78, 5) is 0. The van der Waals surface area contributed by atoms with Crippen molar-refractivity contribution in [1.82, 2.24) is 9.78 Å². The zero-order valence-electron chi connectivity index (χ0n) is 8.20. The quantitative estimate of drug-likeness (QED) is 0.704. The SMILES string of the molecule is Cn1cc(OC2CS(=O)(=O)CC2O)cn1. The van der Waals surface area contributed by atoms with Crippen molar-refractivity contribution in [2.45, 2.75) is 12.2 Å². The minimum Gasteiger partial charge on any atom is -0.483 e. The number of rotatable bonds is 2. The molecule has 2 unspecified atom stereocenters. The average Bonchev–Trinajstić information content (AvgIpc) is 2.58. The Hall–Kier alpha value is -1.08. The van der Waals surface area contributed by atoms with E-state index >= 15 is 0 Å². The van der Waals surface area contributed by atoms with E-state index in [0.717, 1.165) is 0 Å². The van der Waals surface area contributed by atoms with Crippen LogP contribution in [0.3, 0.4) is 0 Å². The van der Waals surface area contributed by atoms with Crippen LogP contribution in [0.5, 0.6) is 5.75 Å². The monoisotopic (exact) mass is 232 g/mol. The molecular weight excluding hydrogens is 220 g/mol. The molecule has 1 saturated heterocycles. The molecule has 7 heteroatoms. The lowest BCUT2D eigenvalue weighted by atomic mass is 10.3. The van der Waals surface area contributed by atoms with Crippen molar-refractivity contribution in [3.8, 4) is 5.75 Å². The van der Waals surface area contributed by atoms with Crippen molar-refractivity contribution in [3.63, 3.8) is 0 Å². The van der Waals surface area contributed by atoms with Gasteiger partial charge in [0.05, 0.1) is 23.9 Å². The van der Waals surface area contributed by atoms with Gasteiger partial charge in [-0.2, -0.15) is 5.10 Å². The van der Waals surface area contributed by atoms with Gasteiger partial charge in [-0.05, 0) is 0 Å². The number of aryl methyl sites for hydroxylation is 1. The second kappa shape index (κ2) is 3.49. The van der Waals surface area contributed by atoms with E-state index < -0.39 is 22.0 Å². The van der Waals surface area contributed by atoms with Gasteiger partial charge in [0.25, 0.3) is 0 Å². The fraction of sp³-hybridized carbons (Fsp3) is 0.625. The predicted octanol–water partition coefficient (Wildman–Crippen LogP) is -1.04. The molecule has 0 bridgehead atoms. The van der Waals surface area contributed by atoms with Gasteiger partial charge < -0.3 is 9.84 Å². The normalized spacial score (nSPS) is 29.2. The summed E-state index contributed by atoms with van der Waals surface area (Å²) in [7, 11) is -1.43. The lowest BCUT2D eigenvalue weighted by molar-refractivity contribution is 0.0737. The summed E-state index contributed by atoms with van der Waals surface area (Å²) in [6.45, 7) is 0. The molecule has 0 aromatic carbocycles. The van der Waals surface area contributed by atoms with Gasteiger partial charge in [-0.3, -0.25) is 4.68 Å². The van der Waals surface area contributed by atoms with Gasteiger partial charge in [0, 0.05) is 7.05 Å². The van der Waals surface area contributed by atoms with Crippen LogP contribution in [0.1, 0.15) is 0 Å². The third-order valence-electron chi connectivity index (χ3n) is 2.24. The van der Waals surface area contributed by atoms with E-state index in [9.17, 15) is 13.5 Å².